The lowest BCUT2D eigenvalue weighted by Crippen LogP contribution is -2.20. The molecular weight excluding hydrogens is 309 g/mol. The number of nitrogens with one attached hydrogen (secondary N) is 1. The molecule has 0 bridgehead atoms. The Hall–Kier alpha value is -1.23. The summed E-state index contributed by atoms with van der Waals surface area (Å²) in [7, 11) is 0. The van der Waals surface area contributed by atoms with E-state index in [4.69, 9.17) is 34.8 Å². The lowest BCUT2D eigenvalue weighted by atomic mass is 10.3. The second-order valence-corrected chi connectivity index (χ2v) is 5.26. The zero-order chi connectivity index (χ0) is 14.0. The van der Waals surface area contributed by atoms with E-state index in [1.165, 1.54) is 4.68 Å². The third kappa shape index (κ3) is 3.03. The molecule has 4 nitrogen and oxygen atoms in total. The first-order valence-corrected chi connectivity index (χ1v) is 6.65. The summed E-state index contributed by atoms with van der Waals surface area (Å²) in [5.74, 6) is -0.205. The molecule has 0 fully saturated rings. The van der Waals surface area contributed by atoms with Crippen LogP contribution in [-0.4, -0.2) is 20.5 Å². The number of rotatable bonds is 3. The van der Waals surface area contributed by atoms with Gasteiger partial charge in [-0.05, 0) is 19.1 Å². The van der Waals surface area contributed by atoms with Crippen molar-refractivity contribution in [1.82, 2.24) is 9.78 Å². The molecule has 7 heteroatoms. The molecule has 2 rings (SSSR count). The van der Waals surface area contributed by atoms with Crippen molar-refractivity contribution in [2.75, 3.05) is 5.32 Å². The third-order valence-electron chi connectivity index (χ3n) is 2.43. The Morgan fingerprint density at radius 1 is 1.32 bits per heavy atom. The number of carbonyl (C=O) groups is 1. The molecule has 0 spiro atoms. The predicted molar refractivity (Wildman–Crippen MR) is 77.4 cm³/mol. The summed E-state index contributed by atoms with van der Waals surface area (Å²) in [6, 6.07) is 9.29. The molecule has 0 saturated carbocycles. The van der Waals surface area contributed by atoms with E-state index in [0.717, 1.165) is 5.69 Å². The number of para-hydroxylation sites is 1. The van der Waals surface area contributed by atoms with Crippen molar-refractivity contribution in [3.05, 3.63) is 41.0 Å². The summed E-state index contributed by atoms with van der Waals surface area (Å²) >= 11 is 17.2. The molecule has 1 heterocycles. The Morgan fingerprint density at radius 2 is 1.95 bits per heavy atom. The molecule has 1 N–H and O–H groups in total. The average molecular weight is 319 g/mol. The van der Waals surface area contributed by atoms with Crippen molar-refractivity contribution in [3.8, 4) is 5.69 Å². The van der Waals surface area contributed by atoms with Gasteiger partial charge in [-0.2, -0.15) is 5.10 Å². The summed E-state index contributed by atoms with van der Waals surface area (Å²) in [5.41, 5.74) is 1.37. The normalized spacial score (nSPS) is 10.8. The number of aryl methyl sites for hydroxylation is 1. The van der Waals surface area contributed by atoms with E-state index < -0.39 is 10.7 Å². The molecule has 2 aromatic rings. The number of halogens is 3. The van der Waals surface area contributed by atoms with Crippen LogP contribution in [0.4, 0.5) is 5.82 Å². The molecule has 0 radical (unpaired) electrons. The summed E-state index contributed by atoms with van der Waals surface area (Å²) in [6.45, 7) is 1.75. The van der Waals surface area contributed by atoms with Gasteiger partial charge in [-0.25, -0.2) is 4.68 Å². The van der Waals surface area contributed by atoms with Gasteiger partial charge >= 0.3 is 0 Å². The van der Waals surface area contributed by atoms with Crippen LogP contribution in [0, 0.1) is 6.92 Å². The summed E-state index contributed by atoms with van der Waals surface area (Å²) < 4.78 is 1.53. The van der Waals surface area contributed by atoms with Gasteiger partial charge < -0.3 is 5.32 Å². The van der Waals surface area contributed by atoms with Crippen molar-refractivity contribution < 1.29 is 4.79 Å². The van der Waals surface area contributed by atoms with Crippen LogP contribution in [0.3, 0.4) is 0 Å². The van der Waals surface area contributed by atoms with Crippen molar-refractivity contribution >= 4 is 46.5 Å². The minimum atomic E-state index is -1.17. The van der Waals surface area contributed by atoms with Crippen LogP contribution in [0.15, 0.2) is 30.3 Å². The Labute approximate surface area is 125 Å². The number of hydrogen-bond donors (Lipinski definition) is 1. The van der Waals surface area contributed by atoms with Gasteiger partial charge in [0.15, 0.2) is 10.7 Å². The summed E-state index contributed by atoms with van der Waals surface area (Å²) in [4.78, 5) is 10.4. The van der Waals surface area contributed by atoms with Gasteiger partial charge in [0.1, 0.15) is 5.02 Å². The van der Waals surface area contributed by atoms with Gasteiger partial charge in [-0.15, -0.1) is 0 Å². The maximum absolute atomic E-state index is 11.6. The number of aromatic nitrogens is 2. The molecule has 0 aliphatic heterocycles. The van der Waals surface area contributed by atoms with Crippen molar-refractivity contribution in [2.45, 2.75) is 11.8 Å². The van der Waals surface area contributed by atoms with Crippen LogP contribution < -0.4 is 5.32 Å². The highest BCUT2D eigenvalue weighted by atomic mass is 35.5. The van der Waals surface area contributed by atoms with Crippen LogP contribution in [0.2, 0.25) is 5.02 Å². The first-order chi connectivity index (χ1) is 9.00. The van der Waals surface area contributed by atoms with E-state index in [1.54, 1.807) is 6.92 Å². The van der Waals surface area contributed by atoms with Crippen LogP contribution >= 0.6 is 34.8 Å². The smallest absolute Gasteiger partial charge is 0.258 e. The molecule has 0 unspecified atom stereocenters. The topological polar surface area (TPSA) is 46.9 Å². The first kappa shape index (κ1) is 14.2. The van der Waals surface area contributed by atoms with Gasteiger partial charge in [0.05, 0.1) is 11.4 Å². The minimum absolute atomic E-state index is 0.349. The highest BCUT2D eigenvalue weighted by Gasteiger charge is 2.19. The second-order valence-electron chi connectivity index (χ2n) is 3.79. The minimum Gasteiger partial charge on any atom is -0.307 e. The molecule has 0 saturated heterocycles. The first-order valence-electron chi connectivity index (χ1n) is 5.40. The maximum Gasteiger partial charge on any atom is 0.258 e. The molecular formula is C12H10Cl3N3O. The Morgan fingerprint density at radius 3 is 2.53 bits per heavy atom. The predicted octanol–water partition coefficient (Wildman–Crippen LogP) is 3.58. The molecule has 0 aliphatic rings. The molecule has 1 amide bonds. The fourth-order valence-electron chi connectivity index (χ4n) is 1.54. The van der Waals surface area contributed by atoms with E-state index in [-0.39, 0.29) is 0 Å². The molecule has 1 aromatic carbocycles. The monoisotopic (exact) mass is 317 g/mol. The lowest BCUT2D eigenvalue weighted by molar-refractivity contribution is -0.114. The molecule has 19 heavy (non-hydrogen) atoms. The van der Waals surface area contributed by atoms with Crippen molar-refractivity contribution in [2.24, 2.45) is 0 Å². The molecule has 1 aromatic heterocycles. The summed E-state index contributed by atoms with van der Waals surface area (Å²) in [5, 5.41) is 7.19. The quantitative estimate of drug-likeness (QED) is 0.879. The van der Waals surface area contributed by atoms with E-state index in [1.807, 2.05) is 30.3 Å². The Kier molecular flexibility index (Phi) is 4.34. The second kappa shape index (κ2) is 5.82. The van der Waals surface area contributed by atoms with E-state index in [0.29, 0.717) is 16.5 Å². The van der Waals surface area contributed by atoms with E-state index in [2.05, 4.69) is 10.4 Å². The van der Waals surface area contributed by atoms with E-state index >= 15 is 0 Å². The molecule has 100 valence electrons. The van der Waals surface area contributed by atoms with Gasteiger partial charge in [-0.3, -0.25) is 4.79 Å². The standard InChI is InChI=1S/C12H10Cl3N3O/c1-7-9(13)11(16-12(19)10(14)15)18(17-7)8-5-3-2-4-6-8/h2-6,10H,1H3,(H,16,19). The highest BCUT2D eigenvalue weighted by Crippen LogP contribution is 2.28. The van der Waals surface area contributed by atoms with Crippen LogP contribution in [-0.2, 0) is 4.79 Å². The fraction of sp³-hybridized carbons (Fsp3) is 0.167. The lowest BCUT2D eigenvalue weighted by Gasteiger charge is -2.09. The molecule has 0 aliphatic carbocycles. The average Bonchev–Trinajstić information content (AvgIpc) is 2.68. The van der Waals surface area contributed by atoms with Crippen LogP contribution in [0.5, 0.6) is 0 Å². The fourth-order valence-corrected chi connectivity index (χ4v) is 1.82. The number of amides is 1. The molecule has 0 atom stereocenters. The van der Waals surface area contributed by atoms with Gasteiger partial charge in [0, 0.05) is 0 Å². The maximum atomic E-state index is 11.6. The third-order valence-corrected chi connectivity index (χ3v) is 3.28. The van der Waals surface area contributed by atoms with Gasteiger partial charge in [-0.1, -0.05) is 53.0 Å². The zero-order valence-corrected chi connectivity index (χ0v) is 12.2. The zero-order valence-electron chi connectivity index (χ0n) is 9.90. The number of carbonyl (C=O) groups excluding carboxylic acids is 1. The number of hydrogen-bond acceptors (Lipinski definition) is 2. The number of alkyl halides is 2. The highest BCUT2D eigenvalue weighted by molar-refractivity contribution is 6.54. The Balaban J connectivity index is 2.45. The van der Waals surface area contributed by atoms with Crippen LogP contribution in [0.1, 0.15) is 5.69 Å². The number of anilines is 1. The summed E-state index contributed by atoms with van der Waals surface area (Å²) in [6.07, 6.45) is 0. The van der Waals surface area contributed by atoms with Crippen LogP contribution in [0.25, 0.3) is 5.69 Å². The van der Waals surface area contributed by atoms with Gasteiger partial charge in [0.2, 0.25) is 0 Å². The number of benzene rings is 1. The van der Waals surface area contributed by atoms with E-state index in [9.17, 15) is 4.79 Å². The van der Waals surface area contributed by atoms with Gasteiger partial charge in [0.25, 0.3) is 5.91 Å². The van der Waals surface area contributed by atoms with Crippen molar-refractivity contribution in [1.29, 1.82) is 0 Å². The largest absolute Gasteiger partial charge is 0.307 e. The van der Waals surface area contributed by atoms with Crippen molar-refractivity contribution in [3.63, 3.8) is 0 Å². The number of nitrogens with zero attached hydrogens (tertiary/aromatic N) is 2. The SMILES string of the molecule is Cc1nn(-c2ccccc2)c(NC(=O)C(Cl)Cl)c1Cl. The Bertz CT molecular complexity index is 596.